The molecule has 0 saturated heterocycles. The van der Waals surface area contributed by atoms with Gasteiger partial charge in [-0.15, -0.1) is 10.2 Å². The molecular formula is C9H16N4OS. The maximum atomic E-state index is 11.5. The molecule has 0 bridgehead atoms. The van der Waals surface area contributed by atoms with Gasteiger partial charge < -0.3 is 11.1 Å². The smallest absolute Gasteiger partial charge is 0.227 e. The van der Waals surface area contributed by atoms with E-state index in [-0.39, 0.29) is 17.4 Å². The molecule has 1 rings (SSSR count). The van der Waals surface area contributed by atoms with Gasteiger partial charge in [0.05, 0.1) is 0 Å². The summed E-state index contributed by atoms with van der Waals surface area (Å²) in [5, 5.41) is 10.5. The molecule has 1 atom stereocenters. The van der Waals surface area contributed by atoms with Crippen molar-refractivity contribution in [3.63, 3.8) is 0 Å². The first kappa shape index (κ1) is 12.1. The van der Waals surface area contributed by atoms with Gasteiger partial charge in [-0.3, -0.25) is 4.79 Å². The Morgan fingerprint density at radius 2 is 2.33 bits per heavy atom. The number of anilines is 1. The van der Waals surface area contributed by atoms with Crippen molar-refractivity contribution in [2.24, 2.45) is 11.1 Å². The Morgan fingerprint density at radius 1 is 1.67 bits per heavy atom. The van der Waals surface area contributed by atoms with Gasteiger partial charge in [0.15, 0.2) is 0 Å². The lowest BCUT2D eigenvalue weighted by Gasteiger charge is -2.26. The molecule has 0 spiro atoms. The van der Waals surface area contributed by atoms with Crippen molar-refractivity contribution >= 4 is 22.4 Å². The fraction of sp³-hybridized carbons (Fsp3) is 0.667. The van der Waals surface area contributed by atoms with Crippen LogP contribution < -0.4 is 11.1 Å². The van der Waals surface area contributed by atoms with Crippen molar-refractivity contribution in [3.8, 4) is 0 Å². The van der Waals surface area contributed by atoms with Crippen molar-refractivity contribution < 1.29 is 4.79 Å². The molecule has 0 saturated carbocycles. The van der Waals surface area contributed by atoms with Gasteiger partial charge in [-0.1, -0.05) is 32.1 Å². The highest BCUT2D eigenvalue weighted by Crippen LogP contribution is 2.20. The molecule has 0 aliphatic heterocycles. The minimum absolute atomic E-state index is 0.0710. The fourth-order valence-electron chi connectivity index (χ4n) is 0.904. The van der Waals surface area contributed by atoms with Crippen molar-refractivity contribution in [2.45, 2.75) is 33.2 Å². The number of carbonyl (C=O) groups excluding carboxylic acids is 1. The largest absolute Gasteiger partial charge is 0.327 e. The molecule has 1 aromatic heterocycles. The van der Waals surface area contributed by atoms with Crippen molar-refractivity contribution in [1.29, 1.82) is 0 Å². The molecule has 1 heterocycles. The molecule has 3 N–H and O–H groups in total. The van der Waals surface area contributed by atoms with Crippen LogP contribution in [0.2, 0.25) is 0 Å². The lowest BCUT2D eigenvalue weighted by molar-refractivity contribution is -0.117. The summed E-state index contributed by atoms with van der Waals surface area (Å²) in [6, 6.07) is -0.162. The number of nitrogens with two attached hydrogens (primary N) is 1. The van der Waals surface area contributed by atoms with Gasteiger partial charge in [0, 0.05) is 12.5 Å². The molecule has 6 heteroatoms. The molecule has 1 aromatic rings. The van der Waals surface area contributed by atoms with E-state index in [9.17, 15) is 4.79 Å². The van der Waals surface area contributed by atoms with E-state index < -0.39 is 0 Å². The quantitative estimate of drug-likeness (QED) is 0.815. The van der Waals surface area contributed by atoms with Gasteiger partial charge in [-0.25, -0.2) is 0 Å². The van der Waals surface area contributed by atoms with E-state index in [1.54, 1.807) is 5.51 Å². The number of carbonyl (C=O) groups is 1. The van der Waals surface area contributed by atoms with Crippen molar-refractivity contribution in [3.05, 3.63) is 5.51 Å². The third kappa shape index (κ3) is 3.93. The minimum Gasteiger partial charge on any atom is -0.327 e. The summed E-state index contributed by atoms with van der Waals surface area (Å²) < 4.78 is 0. The Balaban J connectivity index is 2.43. The van der Waals surface area contributed by atoms with Crippen LogP contribution in [-0.2, 0) is 4.79 Å². The maximum Gasteiger partial charge on any atom is 0.227 e. The topological polar surface area (TPSA) is 80.9 Å². The van der Waals surface area contributed by atoms with E-state index >= 15 is 0 Å². The third-order valence-corrected chi connectivity index (χ3v) is 2.73. The van der Waals surface area contributed by atoms with E-state index in [4.69, 9.17) is 5.73 Å². The first-order valence-corrected chi connectivity index (χ1v) is 5.59. The standard InChI is InChI=1S/C9H16N4OS/c1-9(2,3)6(10)4-7(14)12-8-13-11-5-15-8/h5-6H,4,10H2,1-3H3,(H,12,13,14). The molecule has 15 heavy (non-hydrogen) atoms. The van der Waals surface area contributed by atoms with Gasteiger partial charge in [0.25, 0.3) is 0 Å². The highest BCUT2D eigenvalue weighted by Gasteiger charge is 2.23. The predicted molar refractivity (Wildman–Crippen MR) is 60.6 cm³/mol. The number of hydrogen-bond acceptors (Lipinski definition) is 5. The molecule has 5 nitrogen and oxygen atoms in total. The van der Waals surface area contributed by atoms with Crippen LogP contribution in [0.15, 0.2) is 5.51 Å². The molecule has 0 aliphatic carbocycles. The summed E-state index contributed by atoms with van der Waals surface area (Å²) in [6.07, 6.45) is 0.295. The van der Waals surface area contributed by atoms with Gasteiger partial charge in [0.2, 0.25) is 11.0 Å². The third-order valence-electron chi connectivity index (χ3n) is 2.12. The zero-order valence-electron chi connectivity index (χ0n) is 9.15. The Morgan fingerprint density at radius 3 is 2.80 bits per heavy atom. The predicted octanol–water partition coefficient (Wildman–Crippen LogP) is 1.24. The number of aromatic nitrogens is 2. The van der Waals surface area contributed by atoms with Crippen LogP contribution in [0.4, 0.5) is 5.13 Å². The number of amides is 1. The van der Waals surface area contributed by atoms with E-state index in [1.165, 1.54) is 11.3 Å². The summed E-state index contributed by atoms with van der Waals surface area (Å²) in [7, 11) is 0. The zero-order valence-corrected chi connectivity index (χ0v) is 9.97. The van der Waals surface area contributed by atoms with Gasteiger partial charge >= 0.3 is 0 Å². The first-order chi connectivity index (χ1) is 6.89. The highest BCUT2D eigenvalue weighted by atomic mass is 32.1. The number of nitrogens with zero attached hydrogens (tertiary/aromatic N) is 2. The van der Waals surface area contributed by atoms with E-state index in [2.05, 4.69) is 15.5 Å². The van der Waals surface area contributed by atoms with Crippen LogP contribution >= 0.6 is 11.3 Å². The SMILES string of the molecule is CC(C)(C)C(N)CC(=O)Nc1nncs1. The average molecular weight is 228 g/mol. The Kier molecular flexibility index (Phi) is 3.76. The molecule has 1 amide bonds. The van der Waals surface area contributed by atoms with Gasteiger partial charge in [-0.05, 0) is 5.41 Å². The highest BCUT2D eigenvalue weighted by molar-refractivity contribution is 7.13. The molecule has 0 aliphatic rings. The lowest BCUT2D eigenvalue weighted by Crippen LogP contribution is -2.38. The molecule has 0 aromatic carbocycles. The summed E-state index contributed by atoms with van der Waals surface area (Å²) in [5.41, 5.74) is 7.38. The number of rotatable bonds is 3. The van der Waals surface area contributed by atoms with Crippen LogP contribution in [0, 0.1) is 5.41 Å². The second kappa shape index (κ2) is 4.67. The molecule has 84 valence electrons. The minimum atomic E-state index is -0.162. The van der Waals surface area contributed by atoms with Crippen LogP contribution in [0.25, 0.3) is 0 Å². The normalized spacial score (nSPS) is 13.6. The maximum absolute atomic E-state index is 11.5. The Hall–Kier alpha value is -1.01. The van der Waals surface area contributed by atoms with E-state index in [1.807, 2.05) is 20.8 Å². The van der Waals surface area contributed by atoms with E-state index in [0.29, 0.717) is 11.6 Å². The Labute approximate surface area is 93.1 Å². The van der Waals surface area contributed by atoms with Crippen molar-refractivity contribution in [1.82, 2.24) is 10.2 Å². The van der Waals surface area contributed by atoms with Gasteiger partial charge in [-0.2, -0.15) is 0 Å². The second-order valence-corrected chi connectivity index (χ2v) is 5.30. The average Bonchev–Trinajstić information content (AvgIpc) is 2.54. The van der Waals surface area contributed by atoms with Crippen LogP contribution in [0.3, 0.4) is 0 Å². The Bertz CT molecular complexity index is 317. The van der Waals surface area contributed by atoms with Crippen LogP contribution in [0.5, 0.6) is 0 Å². The zero-order chi connectivity index (χ0) is 11.5. The summed E-state index contributed by atoms with van der Waals surface area (Å²) >= 11 is 1.29. The lowest BCUT2D eigenvalue weighted by atomic mass is 9.85. The molecule has 0 fully saturated rings. The van der Waals surface area contributed by atoms with Crippen LogP contribution in [-0.4, -0.2) is 22.1 Å². The summed E-state index contributed by atoms with van der Waals surface area (Å²) in [6.45, 7) is 6.03. The summed E-state index contributed by atoms with van der Waals surface area (Å²) in [4.78, 5) is 11.5. The second-order valence-electron chi connectivity index (χ2n) is 4.47. The fourth-order valence-corrected chi connectivity index (χ4v) is 1.36. The molecular weight excluding hydrogens is 212 g/mol. The monoisotopic (exact) mass is 228 g/mol. The number of nitrogens with one attached hydrogen (secondary N) is 1. The van der Waals surface area contributed by atoms with Crippen molar-refractivity contribution in [2.75, 3.05) is 5.32 Å². The van der Waals surface area contributed by atoms with Crippen LogP contribution in [0.1, 0.15) is 27.2 Å². The van der Waals surface area contributed by atoms with E-state index in [0.717, 1.165) is 0 Å². The summed E-state index contributed by atoms with van der Waals surface area (Å²) in [5.74, 6) is -0.117. The molecule has 0 radical (unpaired) electrons. The first-order valence-electron chi connectivity index (χ1n) is 4.71. The molecule has 1 unspecified atom stereocenters. The number of hydrogen-bond donors (Lipinski definition) is 2. The van der Waals surface area contributed by atoms with Gasteiger partial charge in [0.1, 0.15) is 5.51 Å².